The number of nitrogens with zero attached hydrogens (tertiary/aromatic N) is 1. The number of nitrogens with one attached hydrogen (secondary N) is 1. The lowest BCUT2D eigenvalue weighted by molar-refractivity contribution is 0.0652. The molecule has 2 rings (SSSR count). The van der Waals surface area contributed by atoms with Gasteiger partial charge >= 0.3 is 0 Å². The molecule has 0 aromatic heterocycles. The highest BCUT2D eigenvalue weighted by molar-refractivity contribution is 5.99. The molecule has 1 aliphatic carbocycles. The fourth-order valence-electron chi connectivity index (χ4n) is 2.09. The number of amides is 1. The first-order chi connectivity index (χ1) is 8.15. The highest BCUT2D eigenvalue weighted by Crippen LogP contribution is 2.27. The molecule has 1 aromatic carbocycles. The summed E-state index contributed by atoms with van der Waals surface area (Å²) < 4.78 is 13.5. The fourth-order valence-corrected chi connectivity index (χ4v) is 2.09. The van der Waals surface area contributed by atoms with Crippen molar-refractivity contribution in [3.8, 4) is 0 Å². The van der Waals surface area contributed by atoms with Gasteiger partial charge in [0.1, 0.15) is 5.82 Å². The molecule has 3 nitrogen and oxygen atoms in total. The molecular formula is C13H17FN2O. The largest absolute Gasteiger partial charge is 0.385 e. The van der Waals surface area contributed by atoms with Gasteiger partial charge in [0.05, 0.1) is 11.3 Å². The molecule has 1 saturated carbocycles. The lowest BCUT2D eigenvalue weighted by Gasteiger charge is -2.35. The maximum atomic E-state index is 13.5. The smallest absolute Gasteiger partial charge is 0.256 e. The molecule has 4 heteroatoms. The van der Waals surface area contributed by atoms with Crippen LogP contribution in [0.1, 0.15) is 29.6 Å². The molecule has 17 heavy (non-hydrogen) atoms. The summed E-state index contributed by atoms with van der Waals surface area (Å²) in [6, 6.07) is 4.90. The van der Waals surface area contributed by atoms with Crippen LogP contribution in [0, 0.1) is 5.82 Å². The minimum absolute atomic E-state index is 0.112. The van der Waals surface area contributed by atoms with Crippen molar-refractivity contribution in [3.05, 3.63) is 29.6 Å². The lowest BCUT2D eigenvalue weighted by Crippen LogP contribution is -2.41. The van der Waals surface area contributed by atoms with Gasteiger partial charge in [0, 0.05) is 20.1 Å². The summed E-state index contributed by atoms with van der Waals surface area (Å²) in [4.78, 5) is 14.0. The van der Waals surface area contributed by atoms with Crippen molar-refractivity contribution in [2.24, 2.45) is 0 Å². The molecule has 0 atom stereocenters. The van der Waals surface area contributed by atoms with E-state index in [-0.39, 0.29) is 17.4 Å². The maximum absolute atomic E-state index is 13.5. The van der Waals surface area contributed by atoms with E-state index in [1.807, 2.05) is 0 Å². The van der Waals surface area contributed by atoms with Crippen molar-refractivity contribution in [2.45, 2.75) is 25.3 Å². The second-order valence-corrected chi connectivity index (χ2v) is 4.41. The Morgan fingerprint density at radius 1 is 1.47 bits per heavy atom. The third-order valence-electron chi connectivity index (χ3n) is 3.44. The summed E-state index contributed by atoms with van der Waals surface area (Å²) in [5.74, 6) is -0.501. The van der Waals surface area contributed by atoms with Crippen LogP contribution in [-0.2, 0) is 0 Å². The van der Waals surface area contributed by atoms with Crippen LogP contribution < -0.4 is 5.32 Å². The molecule has 0 heterocycles. The van der Waals surface area contributed by atoms with E-state index >= 15 is 0 Å². The van der Waals surface area contributed by atoms with Crippen LogP contribution in [0.2, 0.25) is 0 Å². The zero-order valence-corrected chi connectivity index (χ0v) is 10.2. The van der Waals surface area contributed by atoms with Gasteiger partial charge in [-0.15, -0.1) is 0 Å². The molecule has 1 aromatic rings. The van der Waals surface area contributed by atoms with Crippen LogP contribution in [0.15, 0.2) is 18.2 Å². The molecule has 0 radical (unpaired) electrons. The normalized spacial score (nSPS) is 15.2. The van der Waals surface area contributed by atoms with Crippen molar-refractivity contribution in [2.75, 3.05) is 19.4 Å². The molecule has 1 aliphatic rings. The Bertz CT molecular complexity index is 429. The summed E-state index contributed by atoms with van der Waals surface area (Å²) in [6.45, 7) is 0. The summed E-state index contributed by atoms with van der Waals surface area (Å²) in [5, 5.41) is 2.75. The average molecular weight is 236 g/mol. The monoisotopic (exact) mass is 236 g/mol. The summed E-state index contributed by atoms with van der Waals surface area (Å²) in [5.41, 5.74) is 0.686. The molecule has 0 spiro atoms. The first-order valence-corrected chi connectivity index (χ1v) is 5.88. The lowest BCUT2D eigenvalue weighted by atomic mass is 9.91. The quantitative estimate of drug-likeness (QED) is 0.874. The topological polar surface area (TPSA) is 32.3 Å². The predicted octanol–water partition coefficient (Wildman–Crippen LogP) is 2.49. The van der Waals surface area contributed by atoms with E-state index in [0.717, 1.165) is 12.8 Å². The second-order valence-electron chi connectivity index (χ2n) is 4.41. The van der Waals surface area contributed by atoms with Crippen LogP contribution in [0.3, 0.4) is 0 Å². The Labute approximate surface area is 101 Å². The zero-order valence-electron chi connectivity index (χ0n) is 10.2. The number of benzene rings is 1. The second kappa shape index (κ2) is 4.73. The van der Waals surface area contributed by atoms with Crippen molar-refractivity contribution in [3.63, 3.8) is 0 Å². The van der Waals surface area contributed by atoms with Crippen molar-refractivity contribution < 1.29 is 9.18 Å². The van der Waals surface area contributed by atoms with Crippen LogP contribution >= 0.6 is 0 Å². The van der Waals surface area contributed by atoms with E-state index in [1.165, 1.54) is 12.5 Å². The van der Waals surface area contributed by atoms with Gasteiger partial charge in [0.2, 0.25) is 0 Å². The van der Waals surface area contributed by atoms with Gasteiger partial charge < -0.3 is 10.2 Å². The van der Waals surface area contributed by atoms with E-state index in [4.69, 9.17) is 0 Å². The molecule has 0 bridgehead atoms. The van der Waals surface area contributed by atoms with E-state index < -0.39 is 0 Å². The molecule has 1 amide bonds. The Kier molecular flexibility index (Phi) is 3.31. The molecule has 0 unspecified atom stereocenters. The van der Waals surface area contributed by atoms with Crippen LogP contribution in [0.5, 0.6) is 0 Å². The van der Waals surface area contributed by atoms with Gasteiger partial charge in [0.15, 0.2) is 0 Å². The van der Waals surface area contributed by atoms with Gasteiger partial charge in [-0.3, -0.25) is 4.79 Å². The van der Waals surface area contributed by atoms with E-state index in [1.54, 1.807) is 31.1 Å². The Morgan fingerprint density at radius 3 is 2.71 bits per heavy atom. The zero-order chi connectivity index (χ0) is 12.4. The SMILES string of the molecule is CNc1c(F)cccc1C(=O)N(C)C1CCC1. The van der Waals surface area contributed by atoms with Crippen molar-refractivity contribution in [1.29, 1.82) is 0 Å². The summed E-state index contributed by atoms with van der Waals surface area (Å²) >= 11 is 0. The molecule has 0 aliphatic heterocycles. The van der Waals surface area contributed by atoms with Crippen molar-refractivity contribution in [1.82, 2.24) is 4.90 Å². The van der Waals surface area contributed by atoms with Gasteiger partial charge in [-0.1, -0.05) is 6.07 Å². The van der Waals surface area contributed by atoms with Crippen molar-refractivity contribution >= 4 is 11.6 Å². The Balaban J connectivity index is 2.26. The first kappa shape index (κ1) is 11.9. The standard InChI is InChI=1S/C13H17FN2O/c1-15-12-10(7-4-8-11(12)14)13(17)16(2)9-5-3-6-9/h4,7-9,15H,3,5-6H2,1-2H3. The number of halogens is 1. The van der Waals surface area contributed by atoms with E-state index in [9.17, 15) is 9.18 Å². The third kappa shape index (κ3) is 2.12. The number of anilines is 1. The average Bonchev–Trinajstić information content (AvgIpc) is 2.25. The number of carbonyl (C=O) groups is 1. The number of para-hydroxylation sites is 1. The van der Waals surface area contributed by atoms with E-state index in [0.29, 0.717) is 11.6 Å². The summed E-state index contributed by atoms with van der Waals surface area (Å²) in [6.07, 6.45) is 3.27. The van der Waals surface area contributed by atoms with Gasteiger partial charge in [-0.25, -0.2) is 4.39 Å². The molecule has 0 saturated heterocycles. The van der Waals surface area contributed by atoms with Gasteiger partial charge in [-0.05, 0) is 31.4 Å². The number of hydrogen-bond acceptors (Lipinski definition) is 2. The minimum atomic E-state index is -0.389. The fraction of sp³-hybridized carbons (Fsp3) is 0.462. The molecule has 1 N–H and O–H groups in total. The minimum Gasteiger partial charge on any atom is -0.385 e. The molecule has 1 fully saturated rings. The van der Waals surface area contributed by atoms with E-state index in [2.05, 4.69) is 5.32 Å². The van der Waals surface area contributed by atoms with Gasteiger partial charge in [0.25, 0.3) is 5.91 Å². The number of carbonyl (C=O) groups excluding carboxylic acids is 1. The molecular weight excluding hydrogens is 219 g/mol. The predicted molar refractivity (Wildman–Crippen MR) is 65.7 cm³/mol. The van der Waals surface area contributed by atoms with Crippen LogP contribution in [-0.4, -0.2) is 30.9 Å². The van der Waals surface area contributed by atoms with Crippen LogP contribution in [0.25, 0.3) is 0 Å². The molecule has 92 valence electrons. The maximum Gasteiger partial charge on any atom is 0.256 e. The highest BCUT2D eigenvalue weighted by atomic mass is 19.1. The first-order valence-electron chi connectivity index (χ1n) is 5.88. The van der Waals surface area contributed by atoms with Gasteiger partial charge in [-0.2, -0.15) is 0 Å². The Hall–Kier alpha value is -1.58. The number of hydrogen-bond donors (Lipinski definition) is 1. The van der Waals surface area contributed by atoms with Crippen LogP contribution in [0.4, 0.5) is 10.1 Å². The third-order valence-corrected chi connectivity index (χ3v) is 3.44. The highest BCUT2D eigenvalue weighted by Gasteiger charge is 2.27. The summed E-state index contributed by atoms with van der Waals surface area (Å²) in [7, 11) is 3.41. The Morgan fingerprint density at radius 2 is 2.18 bits per heavy atom. The number of rotatable bonds is 3.